The number of alkyl halides is 3. The topological polar surface area (TPSA) is 33.2 Å². The van der Waals surface area contributed by atoms with Gasteiger partial charge in [-0.3, -0.25) is 4.79 Å². The van der Waals surface area contributed by atoms with Gasteiger partial charge in [0, 0.05) is 22.9 Å². The van der Waals surface area contributed by atoms with Crippen LogP contribution in [-0.4, -0.2) is 22.8 Å². The Morgan fingerprint density at radius 2 is 2.00 bits per heavy atom. The highest BCUT2D eigenvalue weighted by atomic mass is 32.1. The van der Waals surface area contributed by atoms with E-state index in [0.29, 0.717) is 17.1 Å². The number of aromatic nitrogens is 1. The first-order valence-corrected chi connectivity index (χ1v) is 9.43. The third-order valence-electron chi connectivity index (χ3n) is 3.86. The van der Waals surface area contributed by atoms with E-state index in [4.69, 9.17) is 0 Å². The Labute approximate surface area is 156 Å². The minimum atomic E-state index is -4.41. The molecule has 2 heterocycles. The van der Waals surface area contributed by atoms with Crippen LogP contribution in [0.25, 0.3) is 10.6 Å². The molecule has 3 nitrogen and oxygen atoms in total. The molecule has 0 aliphatic carbocycles. The number of carbonyl (C=O) groups excluding carboxylic acids is 1. The zero-order valence-corrected chi connectivity index (χ0v) is 15.6. The fraction of sp³-hybridized carbons (Fsp3) is 0.222. The third-order valence-corrected chi connectivity index (χ3v) is 5.75. The van der Waals surface area contributed by atoms with Gasteiger partial charge in [-0.2, -0.15) is 13.2 Å². The number of carbonyl (C=O) groups is 1. The Hall–Kier alpha value is -2.19. The molecule has 0 fully saturated rings. The lowest BCUT2D eigenvalue weighted by Gasteiger charge is -2.15. The van der Waals surface area contributed by atoms with Crippen molar-refractivity contribution < 1.29 is 18.0 Å². The molecule has 0 spiro atoms. The number of aryl methyl sites for hydroxylation is 1. The Morgan fingerprint density at radius 1 is 1.23 bits per heavy atom. The zero-order valence-electron chi connectivity index (χ0n) is 14.0. The molecule has 0 aliphatic rings. The molecule has 1 amide bonds. The molecule has 0 aliphatic heterocycles. The van der Waals surface area contributed by atoms with Crippen molar-refractivity contribution in [1.29, 1.82) is 0 Å². The van der Waals surface area contributed by atoms with Crippen LogP contribution in [0.5, 0.6) is 0 Å². The number of thiophene rings is 1. The van der Waals surface area contributed by atoms with Crippen LogP contribution in [0, 0.1) is 6.92 Å². The summed E-state index contributed by atoms with van der Waals surface area (Å²) in [5.41, 5.74) is 0.973. The lowest BCUT2D eigenvalue weighted by Crippen LogP contribution is -2.26. The van der Waals surface area contributed by atoms with E-state index < -0.39 is 11.7 Å². The van der Waals surface area contributed by atoms with Crippen LogP contribution in [0.3, 0.4) is 0 Å². The Bertz CT molecular complexity index is 930. The molecule has 0 bridgehead atoms. The number of nitrogens with zero attached hydrogens (tertiary/aromatic N) is 2. The van der Waals surface area contributed by atoms with Gasteiger partial charge in [-0.05, 0) is 36.1 Å². The summed E-state index contributed by atoms with van der Waals surface area (Å²) in [4.78, 5) is 19.4. The minimum Gasteiger partial charge on any atom is -0.335 e. The molecular weight excluding hydrogens is 381 g/mol. The molecule has 3 rings (SSSR count). The molecule has 136 valence electrons. The number of thiazole rings is 1. The van der Waals surface area contributed by atoms with Crippen LogP contribution in [0.2, 0.25) is 0 Å². The molecular formula is C18H15F3N2OS2. The van der Waals surface area contributed by atoms with Gasteiger partial charge in [0.25, 0.3) is 5.91 Å². The number of benzene rings is 1. The van der Waals surface area contributed by atoms with Crippen molar-refractivity contribution in [3.05, 3.63) is 62.8 Å². The maximum absolute atomic E-state index is 12.9. The first kappa shape index (κ1) is 18.6. The SMILES string of the molecule is Cc1ccsc1CN(C)C(=O)c1csc(-c2cccc(C(F)(F)F)c2)n1. The molecule has 0 radical (unpaired) electrons. The fourth-order valence-electron chi connectivity index (χ4n) is 2.38. The Morgan fingerprint density at radius 3 is 2.65 bits per heavy atom. The highest BCUT2D eigenvalue weighted by Gasteiger charge is 2.30. The van der Waals surface area contributed by atoms with Crippen molar-refractivity contribution >= 4 is 28.6 Å². The van der Waals surface area contributed by atoms with Gasteiger partial charge in [0.2, 0.25) is 0 Å². The normalized spacial score (nSPS) is 11.6. The Kier molecular flexibility index (Phi) is 5.15. The summed E-state index contributed by atoms with van der Waals surface area (Å²) in [5.74, 6) is -0.257. The van der Waals surface area contributed by atoms with E-state index in [-0.39, 0.29) is 11.6 Å². The van der Waals surface area contributed by atoms with E-state index in [0.717, 1.165) is 33.9 Å². The van der Waals surface area contributed by atoms with Crippen LogP contribution in [-0.2, 0) is 12.7 Å². The maximum Gasteiger partial charge on any atom is 0.416 e. The molecule has 0 saturated carbocycles. The lowest BCUT2D eigenvalue weighted by molar-refractivity contribution is -0.137. The summed E-state index contributed by atoms with van der Waals surface area (Å²) >= 11 is 2.73. The van der Waals surface area contributed by atoms with Crippen molar-refractivity contribution in [2.75, 3.05) is 7.05 Å². The largest absolute Gasteiger partial charge is 0.416 e. The van der Waals surface area contributed by atoms with Gasteiger partial charge in [-0.1, -0.05) is 12.1 Å². The second-order valence-electron chi connectivity index (χ2n) is 5.80. The van der Waals surface area contributed by atoms with Crippen molar-refractivity contribution in [3.8, 4) is 10.6 Å². The second-order valence-corrected chi connectivity index (χ2v) is 7.66. The lowest BCUT2D eigenvalue weighted by atomic mass is 10.1. The van der Waals surface area contributed by atoms with Crippen molar-refractivity contribution in [2.24, 2.45) is 0 Å². The number of rotatable bonds is 4. The predicted octanol–water partition coefficient (Wildman–Crippen LogP) is 5.47. The van der Waals surface area contributed by atoms with E-state index in [2.05, 4.69) is 4.98 Å². The van der Waals surface area contributed by atoms with Crippen LogP contribution in [0.1, 0.15) is 26.5 Å². The monoisotopic (exact) mass is 396 g/mol. The standard InChI is InChI=1S/C18H15F3N2OS2/c1-11-6-7-25-15(11)9-23(2)17(24)14-10-26-16(22-14)12-4-3-5-13(8-12)18(19,20)21/h3-8,10H,9H2,1-2H3. The zero-order chi connectivity index (χ0) is 18.9. The van der Waals surface area contributed by atoms with Crippen molar-refractivity contribution in [2.45, 2.75) is 19.6 Å². The van der Waals surface area contributed by atoms with E-state index in [1.165, 1.54) is 6.07 Å². The Balaban J connectivity index is 1.79. The summed E-state index contributed by atoms with van der Waals surface area (Å²) in [5, 5.41) is 3.94. The van der Waals surface area contributed by atoms with Crippen molar-refractivity contribution in [1.82, 2.24) is 9.88 Å². The number of hydrogen-bond acceptors (Lipinski definition) is 4. The van der Waals surface area contributed by atoms with Crippen molar-refractivity contribution in [3.63, 3.8) is 0 Å². The average molecular weight is 396 g/mol. The quantitative estimate of drug-likeness (QED) is 0.586. The number of hydrogen-bond donors (Lipinski definition) is 0. The maximum atomic E-state index is 12.9. The highest BCUT2D eigenvalue weighted by Crippen LogP contribution is 2.33. The molecule has 0 N–H and O–H groups in total. The van der Waals surface area contributed by atoms with Gasteiger partial charge in [-0.15, -0.1) is 22.7 Å². The van der Waals surface area contributed by atoms with E-state index in [1.54, 1.807) is 34.7 Å². The van der Waals surface area contributed by atoms with Gasteiger partial charge >= 0.3 is 6.18 Å². The molecule has 2 aromatic heterocycles. The van der Waals surface area contributed by atoms with Gasteiger partial charge in [0.15, 0.2) is 0 Å². The summed E-state index contributed by atoms with van der Waals surface area (Å²) in [6, 6.07) is 6.95. The van der Waals surface area contributed by atoms with Crippen LogP contribution in [0.4, 0.5) is 13.2 Å². The first-order chi connectivity index (χ1) is 12.3. The molecule has 0 atom stereocenters. The summed E-state index contributed by atoms with van der Waals surface area (Å²) in [7, 11) is 1.69. The van der Waals surface area contributed by atoms with Crippen LogP contribution >= 0.6 is 22.7 Å². The van der Waals surface area contributed by atoms with Crippen LogP contribution in [0.15, 0.2) is 41.1 Å². The molecule has 0 saturated heterocycles. The molecule has 1 aromatic carbocycles. The highest BCUT2D eigenvalue weighted by molar-refractivity contribution is 7.13. The smallest absolute Gasteiger partial charge is 0.335 e. The first-order valence-electron chi connectivity index (χ1n) is 7.67. The molecule has 26 heavy (non-hydrogen) atoms. The van der Waals surface area contributed by atoms with Gasteiger partial charge in [0.05, 0.1) is 12.1 Å². The summed E-state index contributed by atoms with van der Waals surface area (Å²) in [6.07, 6.45) is -4.41. The number of halogens is 3. The van der Waals surface area contributed by atoms with E-state index >= 15 is 0 Å². The third kappa shape index (κ3) is 3.96. The van der Waals surface area contributed by atoms with Crippen LogP contribution < -0.4 is 0 Å². The van der Waals surface area contributed by atoms with Gasteiger partial charge < -0.3 is 4.90 Å². The summed E-state index contributed by atoms with van der Waals surface area (Å²) in [6.45, 7) is 2.46. The average Bonchev–Trinajstić information content (AvgIpc) is 3.23. The van der Waals surface area contributed by atoms with E-state index in [1.807, 2.05) is 18.4 Å². The molecule has 8 heteroatoms. The summed E-state index contributed by atoms with van der Waals surface area (Å²) < 4.78 is 38.6. The predicted molar refractivity (Wildman–Crippen MR) is 97.4 cm³/mol. The van der Waals surface area contributed by atoms with E-state index in [9.17, 15) is 18.0 Å². The van der Waals surface area contributed by atoms with Gasteiger partial charge in [-0.25, -0.2) is 4.98 Å². The fourth-order valence-corrected chi connectivity index (χ4v) is 4.13. The molecule has 3 aromatic rings. The second kappa shape index (κ2) is 7.20. The number of amides is 1. The van der Waals surface area contributed by atoms with Gasteiger partial charge in [0.1, 0.15) is 10.7 Å². The minimum absolute atomic E-state index is 0.235. The molecule has 0 unspecified atom stereocenters.